The van der Waals surface area contributed by atoms with Gasteiger partial charge < -0.3 is 14.0 Å². The Hall–Kier alpha value is -2.97. The monoisotopic (exact) mass is 406 g/mol. The second-order valence-electron chi connectivity index (χ2n) is 7.66. The predicted octanol–water partition coefficient (Wildman–Crippen LogP) is 2.61. The number of rotatable bonds is 6. The first-order valence-corrected chi connectivity index (χ1v) is 10.4. The lowest BCUT2D eigenvalue weighted by Crippen LogP contribution is -2.38. The van der Waals surface area contributed by atoms with Crippen LogP contribution in [-0.2, 0) is 17.9 Å². The van der Waals surface area contributed by atoms with Gasteiger partial charge in [0.25, 0.3) is 0 Å². The maximum atomic E-state index is 5.82. The zero-order chi connectivity index (χ0) is 20.5. The normalized spacial score (nSPS) is 15.3. The number of fused-ring (bicyclic) bond motifs is 3. The van der Waals surface area contributed by atoms with Gasteiger partial charge in [0.15, 0.2) is 11.5 Å². The number of ether oxygens (including phenoxy) is 2. The second kappa shape index (κ2) is 8.04. The highest BCUT2D eigenvalue weighted by Crippen LogP contribution is 2.27. The summed E-state index contributed by atoms with van der Waals surface area (Å²) in [6.07, 6.45) is 1.75. The summed E-state index contributed by atoms with van der Waals surface area (Å²) in [6.45, 7) is 10.1. The van der Waals surface area contributed by atoms with Crippen LogP contribution in [0.5, 0.6) is 5.75 Å². The molecule has 3 aromatic heterocycles. The molecule has 0 N–H and O–H groups in total. The molecule has 0 unspecified atom stereocenters. The Kier molecular flexibility index (Phi) is 5.10. The summed E-state index contributed by atoms with van der Waals surface area (Å²) >= 11 is 0. The molecule has 1 saturated heterocycles. The van der Waals surface area contributed by atoms with Crippen molar-refractivity contribution >= 4 is 16.7 Å². The molecule has 0 spiro atoms. The third-order valence-electron chi connectivity index (χ3n) is 5.84. The summed E-state index contributed by atoms with van der Waals surface area (Å²) in [6, 6.07) is 9.72. The quantitative estimate of drug-likeness (QED) is 0.490. The van der Waals surface area contributed by atoms with Crippen LogP contribution in [0.25, 0.3) is 16.7 Å². The van der Waals surface area contributed by atoms with Crippen molar-refractivity contribution in [3.63, 3.8) is 0 Å². The lowest BCUT2D eigenvalue weighted by Gasteiger charge is -2.26. The first-order valence-electron chi connectivity index (χ1n) is 10.4. The fraction of sp³-hybridized carbons (Fsp3) is 0.409. The molecule has 1 aromatic carbocycles. The molecule has 0 radical (unpaired) electrons. The molecule has 1 fully saturated rings. The topological polar surface area (TPSA) is 69.7 Å². The molecule has 8 nitrogen and oxygen atoms in total. The van der Waals surface area contributed by atoms with Crippen LogP contribution >= 0.6 is 0 Å². The highest BCUT2D eigenvalue weighted by Gasteiger charge is 2.19. The van der Waals surface area contributed by atoms with Crippen molar-refractivity contribution in [3.05, 3.63) is 53.7 Å². The smallest absolute Gasteiger partial charge is 0.189 e. The Morgan fingerprint density at radius 1 is 1.03 bits per heavy atom. The first-order chi connectivity index (χ1) is 14.7. The van der Waals surface area contributed by atoms with E-state index in [9.17, 15) is 0 Å². The number of morpholine rings is 1. The van der Waals surface area contributed by atoms with Gasteiger partial charge in [-0.1, -0.05) is 18.2 Å². The zero-order valence-corrected chi connectivity index (χ0v) is 17.4. The molecule has 0 amide bonds. The summed E-state index contributed by atoms with van der Waals surface area (Å²) in [7, 11) is 0. The van der Waals surface area contributed by atoms with Gasteiger partial charge in [-0.25, -0.2) is 14.5 Å². The SMILES string of the molecule is Cc1c(C)n(CCN2CCOCC2)c2ncn3nc(COc4ccccc4)nc3c12. The molecule has 8 heteroatoms. The lowest BCUT2D eigenvalue weighted by molar-refractivity contribution is 0.0364. The van der Waals surface area contributed by atoms with Crippen molar-refractivity contribution in [1.82, 2.24) is 29.0 Å². The maximum Gasteiger partial charge on any atom is 0.189 e. The minimum absolute atomic E-state index is 0.322. The molecule has 0 saturated carbocycles. The average Bonchev–Trinajstić information content (AvgIpc) is 3.31. The fourth-order valence-electron chi connectivity index (χ4n) is 4.04. The molecule has 1 aliphatic heterocycles. The summed E-state index contributed by atoms with van der Waals surface area (Å²) in [5.74, 6) is 1.45. The molecule has 0 atom stereocenters. The lowest BCUT2D eigenvalue weighted by atomic mass is 10.2. The number of hydrogen-bond donors (Lipinski definition) is 0. The van der Waals surface area contributed by atoms with E-state index in [0.29, 0.717) is 12.4 Å². The molecule has 5 rings (SSSR count). The van der Waals surface area contributed by atoms with Gasteiger partial charge in [-0.15, -0.1) is 5.10 Å². The summed E-state index contributed by atoms with van der Waals surface area (Å²) in [5, 5.41) is 5.63. The molecule has 30 heavy (non-hydrogen) atoms. The molecule has 4 aromatic rings. The van der Waals surface area contributed by atoms with E-state index in [0.717, 1.165) is 61.8 Å². The van der Waals surface area contributed by atoms with Crippen LogP contribution in [0.3, 0.4) is 0 Å². The van der Waals surface area contributed by atoms with E-state index in [1.165, 1.54) is 11.3 Å². The van der Waals surface area contributed by atoms with Gasteiger partial charge >= 0.3 is 0 Å². The Balaban J connectivity index is 1.43. The van der Waals surface area contributed by atoms with Gasteiger partial charge in [-0.2, -0.15) is 0 Å². The number of aromatic nitrogens is 5. The van der Waals surface area contributed by atoms with Crippen LogP contribution in [-0.4, -0.2) is 61.9 Å². The fourth-order valence-corrected chi connectivity index (χ4v) is 4.04. The Morgan fingerprint density at radius 2 is 1.83 bits per heavy atom. The summed E-state index contributed by atoms with van der Waals surface area (Å²) in [5.41, 5.74) is 4.23. The number of aryl methyl sites for hydroxylation is 1. The largest absolute Gasteiger partial charge is 0.486 e. The molecule has 156 valence electrons. The highest BCUT2D eigenvalue weighted by atomic mass is 16.5. The number of benzene rings is 1. The van der Waals surface area contributed by atoms with E-state index < -0.39 is 0 Å². The standard InChI is InChI=1S/C22H26N6O2/c1-16-17(2)27(9-8-26-10-12-29-13-11-26)21-20(16)22-24-19(25-28(22)15-23-21)14-30-18-6-4-3-5-7-18/h3-7,15H,8-14H2,1-2H3. The van der Waals surface area contributed by atoms with Crippen molar-refractivity contribution in [2.45, 2.75) is 27.0 Å². The molecular formula is C22H26N6O2. The van der Waals surface area contributed by atoms with E-state index in [2.05, 4.69) is 28.4 Å². The van der Waals surface area contributed by atoms with Gasteiger partial charge in [0, 0.05) is 31.9 Å². The van der Waals surface area contributed by atoms with E-state index >= 15 is 0 Å². The predicted molar refractivity (Wildman–Crippen MR) is 114 cm³/mol. The Bertz CT molecular complexity index is 1160. The number of hydrogen-bond acceptors (Lipinski definition) is 6. The van der Waals surface area contributed by atoms with Crippen LogP contribution in [0.15, 0.2) is 36.7 Å². The molecular weight excluding hydrogens is 380 g/mol. The van der Waals surface area contributed by atoms with Crippen LogP contribution in [0, 0.1) is 13.8 Å². The van der Waals surface area contributed by atoms with Crippen molar-refractivity contribution < 1.29 is 9.47 Å². The van der Waals surface area contributed by atoms with Crippen molar-refractivity contribution in [1.29, 1.82) is 0 Å². The van der Waals surface area contributed by atoms with Gasteiger partial charge in [-0.3, -0.25) is 4.90 Å². The number of para-hydroxylation sites is 1. The molecule has 1 aliphatic rings. The van der Waals surface area contributed by atoms with Gasteiger partial charge in [0.2, 0.25) is 0 Å². The van der Waals surface area contributed by atoms with E-state index in [-0.39, 0.29) is 0 Å². The Labute approximate surface area is 175 Å². The van der Waals surface area contributed by atoms with E-state index in [1.54, 1.807) is 10.8 Å². The highest BCUT2D eigenvalue weighted by molar-refractivity contribution is 5.93. The van der Waals surface area contributed by atoms with Gasteiger partial charge in [0.1, 0.15) is 24.3 Å². The van der Waals surface area contributed by atoms with Crippen LogP contribution in [0.2, 0.25) is 0 Å². The molecule has 4 heterocycles. The first kappa shape index (κ1) is 19.0. The zero-order valence-electron chi connectivity index (χ0n) is 17.4. The van der Waals surface area contributed by atoms with E-state index in [4.69, 9.17) is 19.4 Å². The average molecular weight is 406 g/mol. The van der Waals surface area contributed by atoms with Gasteiger partial charge in [0.05, 0.1) is 18.6 Å². The van der Waals surface area contributed by atoms with Crippen LogP contribution < -0.4 is 4.74 Å². The Morgan fingerprint density at radius 3 is 2.63 bits per heavy atom. The third-order valence-corrected chi connectivity index (χ3v) is 5.84. The minimum atomic E-state index is 0.322. The summed E-state index contributed by atoms with van der Waals surface area (Å²) in [4.78, 5) is 11.9. The van der Waals surface area contributed by atoms with Gasteiger partial charge in [-0.05, 0) is 31.5 Å². The molecule has 0 bridgehead atoms. The second-order valence-corrected chi connectivity index (χ2v) is 7.66. The van der Waals surface area contributed by atoms with Crippen molar-refractivity contribution in [2.24, 2.45) is 0 Å². The summed E-state index contributed by atoms with van der Waals surface area (Å²) < 4.78 is 15.3. The van der Waals surface area contributed by atoms with Crippen LogP contribution in [0.1, 0.15) is 17.1 Å². The minimum Gasteiger partial charge on any atom is -0.486 e. The van der Waals surface area contributed by atoms with Crippen molar-refractivity contribution in [3.8, 4) is 5.75 Å². The number of nitrogens with zero attached hydrogens (tertiary/aromatic N) is 6. The molecule has 0 aliphatic carbocycles. The third kappa shape index (κ3) is 3.53. The van der Waals surface area contributed by atoms with E-state index in [1.807, 2.05) is 30.3 Å². The maximum absolute atomic E-state index is 5.82. The van der Waals surface area contributed by atoms with Crippen LogP contribution in [0.4, 0.5) is 0 Å². The van der Waals surface area contributed by atoms with Crippen molar-refractivity contribution in [2.75, 3.05) is 32.8 Å².